The number of hydrogen-bond acceptors (Lipinski definition) is 5. The Kier molecular flexibility index (Phi) is 7.54. The fourth-order valence-corrected chi connectivity index (χ4v) is 2.59. The Labute approximate surface area is 127 Å². The average Bonchev–Trinajstić information content (AvgIpc) is 2.92. The standard InChI is InChI=1S/C13H19ClN2O3S/c1-3-7-16(12(17)5-4-6-14)8-11-15-10(9-20-11)13(18)19-2/h9H,3-8H2,1-2H3. The van der Waals surface area contributed by atoms with Crippen LogP contribution in [0.15, 0.2) is 5.38 Å². The highest BCUT2D eigenvalue weighted by Gasteiger charge is 2.16. The molecule has 0 saturated heterocycles. The summed E-state index contributed by atoms with van der Waals surface area (Å²) in [5.74, 6) is 0.0976. The molecule has 1 rings (SSSR count). The van der Waals surface area contributed by atoms with Crippen molar-refractivity contribution >= 4 is 34.8 Å². The summed E-state index contributed by atoms with van der Waals surface area (Å²) in [5, 5.41) is 2.38. The van der Waals surface area contributed by atoms with Gasteiger partial charge in [-0.15, -0.1) is 22.9 Å². The van der Waals surface area contributed by atoms with Crippen LogP contribution in [0.3, 0.4) is 0 Å². The molecule has 20 heavy (non-hydrogen) atoms. The summed E-state index contributed by atoms with van der Waals surface area (Å²) in [5.41, 5.74) is 0.289. The molecular weight excluding hydrogens is 300 g/mol. The number of halogens is 1. The number of nitrogens with zero attached hydrogens (tertiary/aromatic N) is 2. The molecule has 1 amide bonds. The fourth-order valence-electron chi connectivity index (χ4n) is 1.68. The van der Waals surface area contributed by atoms with Crippen LogP contribution in [0.2, 0.25) is 0 Å². The molecule has 0 aliphatic carbocycles. The SMILES string of the molecule is CCCN(Cc1nc(C(=O)OC)cs1)C(=O)CCCCl. The first kappa shape index (κ1) is 16.9. The van der Waals surface area contributed by atoms with E-state index in [9.17, 15) is 9.59 Å². The van der Waals surface area contributed by atoms with Crippen LogP contribution in [0.1, 0.15) is 41.7 Å². The Balaban J connectivity index is 2.67. The normalized spacial score (nSPS) is 10.3. The van der Waals surface area contributed by atoms with Crippen molar-refractivity contribution in [2.24, 2.45) is 0 Å². The van der Waals surface area contributed by atoms with Gasteiger partial charge in [0.15, 0.2) is 5.69 Å². The quantitative estimate of drug-likeness (QED) is 0.546. The van der Waals surface area contributed by atoms with Crippen LogP contribution < -0.4 is 0 Å². The molecular formula is C13H19ClN2O3S. The van der Waals surface area contributed by atoms with Crippen molar-refractivity contribution in [2.75, 3.05) is 19.5 Å². The van der Waals surface area contributed by atoms with Crippen LogP contribution >= 0.6 is 22.9 Å². The zero-order valence-electron chi connectivity index (χ0n) is 11.7. The van der Waals surface area contributed by atoms with E-state index in [1.807, 2.05) is 6.92 Å². The van der Waals surface area contributed by atoms with Gasteiger partial charge in [0.2, 0.25) is 5.91 Å². The second-order valence-corrected chi connectivity index (χ2v) is 5.55. The van der Waals surface area contributed by atoms with Crippen molar-refractivity contribution in [1.82, 2.24) is 9.88 Å². The van der Waals surface area contributed by atoms with Gasteiger partial charge in [0.1, 0.15) is 5.01 Å². The molecule has 7 heteroatoms. The molecule has 0 aromatic carbocycles. The molecule has 1 aromatic heterocycles. The van der Waals surface area contributed by atoms with E-state index in [1.165, 1.54) is 18.4 Å². The minimum Gasteiger partial charge on any atom is -0.464 e. The minimum absolute atomic E-state index is 0.0716. The van der Waals surface area contributed by atoms with Gasteiger partial charge >= 0.3 is 5.97 Å². The van der Waals surface area contributed by atoms with Gasteiger partial charge in [0.05, 0.1) is 13.7 Å². The summed E-state index contributed by atoms with van der Waals surface area (Å²) in [6, 6.07) is 0. The average molecular weight is 319 g/mol. The lowest BCUT2D eigenvalue weighted by molar-refractivity contribution is -0.131. The van der Waals surface area contributed by atoms with E-state index in [0.717, 1.165) is 11.4 Å². The number of methoxy groups -OCH3 is 1. The molecule has 0 unspecified atom stereocenters. The van der Waals surface area contributed by atoms with E-state index < -0.39 is 5.97 Å². The Hall–Kier alpha value is -1.14. The molecule has 0 radical (unpaired) electrons. The highest BCUT2D eigenvalue weighted by atomic mass is 35.5. The molecule has 0 atom stereocenters. The number of hydrogen-bond donors (Lipinski definition) is 0. The predicted molar refractivity (Wildman–Crippen MR) is 79.1 cm³/mol. The molecule has 0 N–H and O–H groups in total. The molecule has 112 valence electrons. The molecule has 0 fully saturated rings. The zero-order valence-corrected chi connectivity index (χ0v) is 13.3. The van der Waals surface area contributed by atoms with E-state index in [1.54, 1.807) is 10.3 Å². The van der Waals surface area contributed by atoms with E-state index in [4.69, 9.17) is 11.6 Å². The number of ether oxygens (including phenoxy) is 1. The number of amides is 1. The maximum atomic E-state index is 12.0. The first-order valence-corrected chi connectivity index (χ1v) is 7.90. The third kappa shape index (κ3) is 5.09. The molecule has 0 aliphatic heterocycles. The van der Waals surface area contributed by atoms with Crippen LogP contribution in [0.4, 0.5) is 0 Å². The van der Waals surface area contributed by atoms with Gasteiger partial charge in [-0.2, -0.15) is 0 Å². The monoisotopic (exact) mass is 318 g/mol. The van der Waals surface area contributed by atoms with Gasteiger partial charge in [-0.05, 0) is 12.8 Å². The van der Waals surface area contributed by atoms with Crippen molar-refractivity contribution in [1.29, 1.82) is 0 Å². The first-order valence-electron chi connectivity index (χ1n) is 6.48. The smallest absolute Gasteiger partial charge is 0.357 e. The highest BCUT2D eigenvalue weighted by Crippen LogP contribution is 2.14. The Morgan fingerprint density at radius 2 is 2.25 bits per heavy atom. The summed E-state index contributed by atoms with van der Waals surface area (Å²) >= 11 is 6.97. The summed E-state index contributed by atoms with van der Waals surface area (Å²) in [6.07, 6.45) is 1.99. The first-order chi connectivity index (χ1) is 9.62. The lowest BCUT2D eigenvalue weighted by atomic mass is 10.3. The van der Waals surface area contributed by atoms with Crippen molar-refractivity contribution < 1.29 is 14.3 Å². The lowest BCUT2D eigenvalue weighted by Crippen LogP contribution is -2.31. The largest absolute Gasteiger partial charge is 0.464 e. The number of carbonyl (C=O) groups is 2. The van der Waals surface area contributed by atoms with Crippen LogP contribution in [0, 0.1) is 0 Å². The second kappa shape index (κ2) is 8.92. The number of rotatable bonds is 8. The van der Waals surface area contributed by atoms with Gasteiger partial charge in [0, 0.05) is 24.2 Å². The second-order valence-electron chi connectivity index (χ2n) is 4.23. The van der Waals surface area contributed by atoms with E-state index in [0.29, 0.717) is 31.8 Å². The van der Waals surface area contributed by atoms with Gasteiger partial charge in [-0.25, -0.2) is 9.78 Å². The van der Waals surface area contributed by atoms with Gasteiger partial charge in [-0.3, -0.25) is 4.79 Å². The topological polar surface area (TPSA) is 59.5 Å². The minimum atomic E-state index is -0.456. The van der Waals surface area contributed by atoms with E-state index >= 15 is 0 Å². The third-order valence-corrected chi connectivity index (χ3v) is 3.74. The van der Waals surface area contributed by atoms with Gasteiger partial charge in [-0.1, -0.05) is 6.92 Å². The summed E-state index contributed by atoms with van der Waals surface area (Å²) < 4.78 is 4.61. The van der Waals surface area contributed by atoms with E-state index in [-0.39, 0.29) is 11.6 Å². The predicted octanol–water partition coefficient (Wildman–Crippen LogP) is 2.69. The summed E-state index contributed by atoms with van der Waals surface area (Å²) in [4.78, 5) is 29.3. The maximum absolute atomic E-state index is 12.0. The lowest BCUT2D eigenvalue weighted by Gasteiger charge is -2.20. The third-order valence-electron chi connectivity index (χ3n) is 2.64. The van der Waals surface area contributed by atoms with Crippen LogP contribution in [-0.4, -0.2) is 41.3 Å². The van der Waals surface area contributed by atoms with Gasteiger partial charge < -0.3 is 9.64 Å². The van der Waals surface area contributed by atoms with Crippen LogP contribution in [0.25, 0.3) is 0 Å². The number of alkyl halides is 1. The number of esters is 1. The van der Waals surface area contributed by atoms with Crippen molar-refractivity contribution in [3.8, 4) is 0 Å². The highest BCUT2D eigenvalue weighted by molar-refractivity contribution is 7.09. The molecule has 0 spiro atoms. The summed E-state index contributed by atoms with van der Waals surface area (Å²) in [6.45, 7) is 3.12. The summed E-state index contributed by atoms with van der Waals surface area (Å²) in [7, 11) is 1.32. The van der Waals surface area contributed by atoms with Crippen LogP contribution in [0.5, 0.6) is 0 Å². The van der Waals surface area contributed by atoms with Crippen LogP contribution in [-0.2, 0) is 16.1 Å². The van der Waals surface area contributed by atoms with Crippen molar-refractivity contribution in [2.45, 2.75) is 32.7 Å². The molecule has 1 aromatic rings. The molecule has 0 bridgehead atoms. The zero-order chi connectivity index (χ0) is 15.0. The fraction of sp³-hybridized carbons (Fsp3) is 0.615. The Bertz CT molecular complexity index is 451. The number of aromatic nitrogens is 1. The number of carbonyl (C=O) groups excluding carboxylic acids is 2. The Morgan fingerprint density at radius 1 is 1.50 bits per heavy atom. The maximum Gasteiger partial charge on any atom is 0.357 e. The van der Waals surface area contributed by atoms with Gasteiger partial charge in [0.25, 0.3) is 0 Å². The van der Waals surface area contributed by atoms with Crippen molar-refractivity contribution in [3.63, 3.8) is 0 Å². The Morgan fingerprint density at radius 3 is 2.85 bits per heavy atom. The van der Waals surface area contributed by atoms with E-state index in [2.05, 4.69) is 9.72 Å². The molecule has 0 saturated carbocycles. The number of thiazole rings is 1. The molecule has 0 aliphatic rings. The van der Waals surface area contributed by atoms with Crippen molar-refractivity contribution in [3.05, 3.63) is 16.1 Å². The molecule has 1 heterocycles. The molecule has 5 nitrogen and oxygen atoms in total.